The number of carbonyl (C=O) groups is 1. The third-order valence-electron chi connectivity index (χ3n) is 4.02. The highest BCUT2D eigenvalue weighted by Gasteiger charge is 2.27. The van der Waals surface area contributed by atoms with Gasteiger partial charge in [-0.2, -0.15) is 0 Å². The molecule has 0 spiro atoms. The Morgan fingerprint density at radius 2 is 1.74 bits per heavy atom. The van der Waals surface area contributed by atoms with Crippen LogP contribution in [0.1, 0.15) is 29.6 Å². The van der Waals surface area contributed by atoms with E-state index < -0.39 is 10.0 Å². The third kappa shape index (κ3) is 5.77. The number of rotatable bonds is 9. The predicted molar refractivity (Wildman–Crippen MR) is 98.6 cm³/mol. The molecule has 144 valence electrons. The molecule has 1 fully saturated rings. The maximum atomic E-state index is 12.8. The van der Waals surface area contributed by atoms with Gasteiger partial charge in [0.15, 0.2) is 0 Å². The number of amides is 1. The second-order valence-corrected chi connectivity index (χ2v) is 8.05. The van der Waals surface area contributed by atoms with E-state index in [2.05, 4.69) is 10.0 Å². The summed E-state index contributed by atoms with van der Waals surface area (Å²) in [6.07, 6.45) is 2.32. The van der Waals surface area contributed by atoms with Crippen molar-refractivity contribution >= 4 is 15.9 Å². The molecule has 27 heavy (non-hydrogen) atoms. The first-order valence-corrected chi connectivity index (χ1v) is 10.2. The van der Waals surface area contributed by atoms with Gasteiger partial charge >= 0.3 is 0 Å². The standard InChI is InChI=1S/C19H21FN2O4S/c20-15-4-8-17(9-5-15)26-13-1-12-21-19(23)14-2-10-18(11-3-14)27(24,25)22-16-6-7-16/h2-5,8-11,16,22H,1,6-7,12-13H2,(H,21,23). The Kier molecular flexibility index (Phi) is 6.08. The lowest BCUT2D eigenvalue weighted by Crippen LogP contribution is -2.27. The third-order valence-corrected chi connectivity index (χ3v) is 5.55. The Balaban J connectivity index is 1.42. The van der Waals surface area contributed by atoms with E-state index >= 15 is 0 Å². The predicted octanol–water partition coefficient (Wildman–Crippen LogP) is 2.47. The number of carbonyl (C=O) groups excluding carboxylic acids is 1. The molecule has 0 bridgehead atoms. The normalized spacial score (nSPS) is 14.0. The first kappa shape index (κ1) is 19.3. The van der Waals surface area contributed by atoms with E-state index in [9.17, 15) is 17.6 Å². The van der Waals surface area contributed by atoms with Crippen LogP contribution in [0.4, 0.5) is 4.39 Å². The fourth-order valence-electron chi connectivity index (χ4n) is 2.37. The molecule has 1 aliphatic carbocycles. The van der Waals surface area contributed by atoms with E-state index in [4.69, 9.17) is 4.74 Å². The maximum Gasteiger partial charge on any atom is 0.251 e. The van der Waals surface area contributed by atoms with E-state index in [1.54, 1.807) is 12.1 Å². The SMILES string of the molecule is O=C(NCCCOc1ccc(F)cc1)c1ccc(S(=O)(=O)NC2CC2)cc1. The summed E-state index contributed by atoms with van der Waals surface area (Å²) in [6.45, 7) is 0.791. The topological polar surface area (TPSA) is 84.5 Å². The van der Waals surface area contributed by atoms with Crippen molar-refractivity contribution in [1.29, 1.82) is 0 Å². The first-order chi connectivity index (χ1) is 12.9. The van der Waals surface area contributed by atoms with Crippen molar-refractivity contribution in [3.63, 3.8) is 0 Å². The van der Waals surface area contributed by atoms with Crippen molar-refractivity contribution in [3.8, 4) is 5.75 Å². The lowest BCUT2D eigenvalue weighted by molar-refractivity contribution is 0.0951. The molecule has 2 N–H and O–H groups in total. The summed E-state index contributed by atoms with van der Waals surface area (Å²) >= 11 is 0. The number of sulfonamides is 1. The zero-order valence-electron chi connectivity index (χ0n) is 14.7. The Morgan fingerprint density at radius 1 is 1.07 bits per heavy atom. The summed E-state index contributed by atoms with van der Waals surface area (Å²) in [5.41, 5.74) is 0.389. The summed E-state index contributed by atoms with van der Waals surface area (Å²) in [7, 11) is -3.51. The van der Waals surface area contributed by atoms with Crippen molar-refractivity contribution < 1.29 is 22.3 Å². The summed E-state index contributed by atoms with van der Waals surface area (Å²) in [5.74, 6) is -0.0352. The summed E-state index contributed by atoms with van der Waals surface area (Å²) in [6, 6.07) is 11.6. The molecule has 0 atom stereocenters. The largest absolute Gasteiger partial charge is 0.494 e. The molecule has 1 aliphatic rings. The van der Waals surface area contributed by atoms with Crippen LogP contribution >= 0.6 is 0 Å². The van der Waals surface area contributed by atoms with E-state index in [0.29, 0.717) is 30.9 Å². The van der Waals surface area contributed by atoms with Gasteiger partial charge in [-0.3, -0.25) is 4.79 Å². The lowest BCUT2D eigenvalue weighted by atomic mass is 10.2. The second kappa shape index (κ2) is 8.49. The van der Waals surface area contributed by atoms with E-state index in [-0.39, 0.29) is 22.7 Å². The number of hydrogen-bond acceptors (Lipinski definition) is 4. The Labute approximate surface area is 157 Å². The molecule has 3 rings (SSSR count). The average Bonchev–Trinajstić information content (AvgIpc) is 3.46. The molecule has 2 aromatic carbocycles. The molecular formula is C19H21FN2O4S. The van der Waals surface area contributed by atoms with Crippen molar-refractivity contribution in [1.82, 2.24) is 10.0 Å². The van der Waals surface area contributed by atoms with Gasteiger partial charge in [0, 0.05) is 18.2 Å². The van der Waals surface area contributed by atoms with Gasteiger partial charge in [-0.15, -0.1) is 0 Å². The molecule has 2 aromatic rings. The fraction of sp³-hybridized carbons (Fsp3) is 0.316. The molecule has 1 amide bonds. The van der Waals surface area contributed by atoms with Gasteiger partial charge in [0.2, 0.25) is 10.0 Å². The van der Waals surface area contributed by atoms with Crippen molar-refractivity contribution in [3.05, 3.63) is 59.9 Å². The van der Waals surface area contributed by atoms with Crippen molar-refractivity contribution in [2.45, 2.75) is 30.2 Å². The number of hydrogen-bond donors (Lipinski definition) is 2. The zero-order valence-corrected chi connectivity index (χ0v) is 15.5. The maximum absolute atomic E-state index is 12.8. The van der Waals surface area contributed by atoms with Crippen LogP contribution in [0.5, 0.6) is 5.75 Å². The van der Waals surface area contributed by atoms with Gasteiger partial charge in [0.1, 0.15) is 11.6 Å². The fourth-order valence-corrected chi connectivity index (χ4v) is 3.68. The van der Waals surface area contributed by atoms with Crippen LogP contribution in [0.2, 0.25) is 0 Å². The van der Waals surface area contributed by atoms with Gasteiger partial charge in [-0.1, -0.05) is 0 Å². The minimum atomic E-state index is -3.51. The molecule has 1 saturated carbocycles. The molecule has 0 heterocycles. The molecular weight excluding hydrogens is 371 g/mol. The number of nitrogens with one attached hydrogen (secondary N) is 2. The van der Waals surface area contributed by atoms with Gasteiger partial charge < -0.3 is 10.1 Å². The van der Waals surface area contributed by atoms with Crippen LogP contribution in [-0.4, -0.2) is 33.5 Å². The zero-order chi connectivity index (χ0) is 19.3. The van der Waals surface area contributed by atoms with Gasteiger partial charge in [0.05, 0.1) is 11.5 Å². The minimum absolute atomic E-state index is 0.0371. The highest BCUT2D eigenvalue weighted by molar-refractivity contribution is 7.89. The molecule has 0 radical (unpaired) electrons. The number of halogens is 1. The van der Waals surface area contributed by atoms with Crippen LogP contribution in [0.15, 0.2) is 53.4 Å². The average molecular weight is 392 g/mol. The van der Waals surface area contributed by atoms with Crippen LogP contribution < -0.4 is 14.8 Å². The monoisotopic (exact) mass is 392 g/mol. The van der Waals surface area contributed by atoms with E-state index in [1.807, 2.05) is 0 Å². The number of ether oxygens (including phenoxy) is 1. The van der Waals surface area contributed by atoms with Crippen molar-refractivity contribution in [2.75, 3.05) is 13.2 Å². The van der Waals surface area contributed by atoms with E-state index in [1.165, 1.54) is 36.4 Å². The highest BCUT2D eigenvalue weighted by Crippen LogP contribution is 2.22. The van der Waals surface area contributed by atoms with Crippen LogP contribution in [0, 0.1) is 5.82 Å². The van der Waals surface area contributed by atoms with Gasteiger partial charge in [-0.05, 0) is 67.8 Å². The van der Waals surface area contributed by atoms with Gasteiger partial charge in [0.25, 0.3) is 5.91 Å². The smallest absolute Gasteiger partial charge is 0.251 e. The van der Waals surface area contributed by atoms with Crippen LogP contribution in [0.25, 0.3) is 0 Å². The van der Waals surface area contributed by atoms with E-state index in [0.717, 1.165) is 12.8 Å². The Morgan fingerprint density at radius 3 is 2.37 bits per heavy atom. The Bertz CT molecular complexity index is 879. The Hall–Kier alpha value is -2.45. The van der Waals surface area contributed by atoms with Gasteiger partial charge in [-0.25, -0.2) is 17.5 Å². The molecule has 0 aromatic heterocycles. The molecule has 8 heteroatoms. The van der Waals surface area contributed by atoms with Crippen LogP contribution in [0.3, 0.4) is 0 Å². The molecule has 0 aliphatic heterocycles. The highest BCUT2D eigenvalue weighted by atomic mass is 32.2. The first-order valence-electron chi connectivity index (χ1n) is 8.73. The minimum Gasteiger partial charge on any atom is -0.494 e. The van der Waals surface area contributed by atoms with Crippen molar-refractivity contribution in [2.24, 2.45) is 0 Å². The number of benzene rings is 2. The second-order valence-electron chi connectivity index (χ2n) is 6.33. The quantitative estimate of drug-likeness (QED) is 0.642. The molecule has 0 unspecified atom stereocenters. The lowest BCUT2D eigenvalue weighted by Gasteiger charge is -2.09. The summed E-state index contributed by atoms with van der Waals surface area (Å²) in [4.78, 5) is 12.3. The van der Waals surface area contributed by atoms with Crippen LogP contribution in [-0.2, 0) is 10.0 Å². The summed E-state index contributed by atoms with van der Waals surface area (Å²) < 4.78 is 45.0. The molecule has 6 nitrogen and oxygen atoms in total. The summed E-state index contributed by atoms with van der Waals surface area (Å²) in [5, 5.41) is 2.75. The molecule has 0 saturated heterocycles.